The molecular formula is C11H20N4. The summed E-state index contributed by atoms with van der Waals surface area (Å²) < 4.78 is 2.23. The predicted molar refractivity (Wildman–Crippen MR) is 59.3 cm³/mol. The summed E-state index contributed by atoms with van der Waals surface area (Å²) in [4.78, 5) is 0. The topological polar surface area (TPSA) is 56.7 Å². The van der Waals surface area contributed by atoms with Gasteiger partial charge in [-0.2, -0.15) is 0 Å². The lowest BCUT2D eigenvalue weighted by molar-refractivity contribution is 0.460. The summed E-state index contributed by atoms with van der Waals surface area (Å²) in [6.07, 6.45) is 4.80. The second-order valence-corrected chi connectivity index (χ2v) is 4.71. The van der Waals surface area contributed by atoms with Crippen molar-refractivity contribution in [1.29, 1.82) is 0 Å². The third kappa shape index (κ3) is 2.04. The molecule has 2 rings (SSSR count). The molecule has 0 amide bonds. The monoisotopic (exact) mass is 208 g/mol. The summed E-state index contributed by atoms with van der Waals surface area (Å²) in [6, 6.07) is 0.0179. The number of fused-ring (bicyclic) bond motifs is 1. The Labute approximate surface area is 90.9 Å². The third-order valence-electron chi connectivity index (χ3n) is 3.15. The Hall–Kier alpha value is -0.900. The van der Waals surface area contributed by atoms with Crippen LogP contribution in [0.4, 0.5) is 0 Å². The van der Waals surface area contributed by atoms with Crippen LogP contribution in [0.2, 0.25) is 0 Å². The van der Waals surface area contributed by atoms with Crippen molar-refractivity contribution in [2.75, 3.05) is 0 Å². The van der Waals surface area contributed by atoms with Crippen LogP contribution in [0.5, 0.6) is 0 Å². The highest BCUT2D eigenvalue weighted by Crippen LogP contribution is 2.21. The number of aromatic nitrogens is 3. The Morgan fingerprint density at radius 1 is 1.20 bits per heavy atom. The molecule has 0 aliphatic carbocycles. The summed E-state index contributed by atoms with van der Waals surface area (Å²) in [5, 5.41) is 8.50. The van der Waals surface area contributed by atoms with Gasteiger partial charge in [0, 0.05) is 13.0 Å². The highest BCUT2D eigenvalue weighted by molar-refractivity contribution is 5.02. The molecule has 0 aromatic carbocycles. The zero-order valence-corrected chi connectivity index (χ0v) is 9.61. The number of nitrogens with two attached hydrogens (primary N) is 1. The molecule has 1 aromatic heterocycles. The Kier molecular flexibility index (Phi) is 3.05. The Balaban J connectivity index is 2.29. The number of hydrogen-bond acceptors (Lipinski definition) is 3. The van der Waals surface area contributed by atoms with Gasteiger partial charge in [-0.15, -0.1) is 10.2 Å². The number of aryl methyl sites for hydroxylation is 1. The molecule has 2 N–H and O–H groups in total. The van der Waals surface area contributed by atoms with Gasteiger partial charge < -0.3 is 10.3 Å². The second kappa shape index (κ2) is 4.31. The van der Waals surface area contributed by atoms with Gasteiger partial charge in [-0.05, 0) is 18.8 Å². The van der Waals surface area contributed by atoms with E-state index in [0.29, 0.717) is 5.92 Å². The molecule has 1 unspecified atom stereocenters. The van der Waals surface area contributed by atoms with Crippen LogP contribution in [0.1, 0.15) is 50.8 Å². The molecule has 0 radical (unpaired) electrons. The van der Waals surface area contributed by atoms with Gasteiger partial charge >= 0.3 is 0 Å². The third-order valence-corrected chi connectivity index (χ3v) is 3.15. The fraction of sp³-hybridized carbons (Fsp3) is 0.818. The Bertz CT molecular complexity index is 329. The molecule has 0 bridgehead atoms. The standard InChI is InChI=1S/C11H20N4/c1-8(2)10(12)11-14-13-9-6-4-3-5-7-15(9)11/h8,10H,3-7,12H2,1-2H3. The fourth-order valence-electron chi connectivity index (χ4n) is 2.05. The molecule has 0 saturated carbocycles. The minimum Gasteiger partial charge on any atom is -0.321 e. The first kappa shape index (κ1) is 10.6. The zero-order valence-electron chi connectivity index (χ0n) is 9.61. The maximum atomic E-state index is 6.13. The second-order valence-electron chi connectivity index (χ2n) is 4.71. The molecule has 84 valence electrons. The van der Waals surface area contributed by atoms with Crippen molar-refractivity contribution in [3.05, 3.63) is 11.6 Å². The minimum atomic E-state index is 0.0179. The molecule has 4 heteroatoms. The molecule has 0 saturated heterocycles. The molecule has 15 heavy (non-hydrogen) atoms. The van der Waals surface area contributed by atoms with Crippen molar-refractivity contribution >= 4 is 0 Å². The predicted octanol–water partition coefficient (Wildman–Crippen LogP) is 1.66. The smallest absolute Gasteiger partial charge is 0.150 e. The molecular weight excluding hydrogens is 188 g/mol. The number of hydrogen-bond donors (Lipinski definition) is 1. The van der Waals surface area contributed by atoms with E-state index in [-0.39, 0.29) is 6.04 Å². The normalized spacial score (nSPS) is 18.7. The van der Waals surface area contributed by atoms with Crippen molar-refractivity contribution in [2.24, 2.45) is 11.7 Å². The average molecular weight is 208 g/mol. The molecule has 0 fully saturated rings. The SMILES string of the molecule is CC(C)C(N)c1nnc2n1CCCCC2. The van der Waals surface area contributed by atoms with Gasteiger partial charge in [0.05, 0.1) is 6.04 Å². The molecule has 1 aliphatic rings. The fourth-order valence-corrected chi connectivity index (χ4v) is 2.05. The quantitative estimate of drug-likeness (QED) is 0.804. The molecule has 0 spiro atoms. The Morgan fingerprint density at radius 2 is 2.00 bits per heavy atom. The van der Waals surface area contributed by atoms with Gasteiger partial charge in [0.15, 0.2) is 0 Å². The minimum absolute atomic E-state index is 0.0179. The van der Waals surface area contributed by atoms with Gasteiger partial charge in [0.1, 0.15) is 11.6 Å². The van der Waals surface area contributed by atoms with E-state index in [0.717, 1.165) is 24.6 Å². The van der Waals surface area contributed by atoms with E-state index in [9.17, 15) is 0 Å². The van der Waals surface area contributed by atoms with Crippen molar-refractivity contribution in [1.82, 2.24) is 14.8 Å². The van der Waals surface area contributed by atoms with E-state index in [1.54, 1.807) is 0 Å². The van der Waals surface area contributed by atoms with Crippen molar-refractivity contribution in [3.63, 3.8) is 0 Å². The van der Waals surface area contributed by atoms with Crippen LogP contribution in [-0.2, 0) is 13.0 Å². The lowest BCUT2D eigenvalue weighted by Gasteiger charge is -2.16. The van der Waals surface area contributed by atoms with Gasteiger partial charge in [-0.1, -0.05) is 20.3 Å². The maximum Gasteiger partial charge on any atom is 0.150 e. The van der Waals surface area contributed by atoms with Crippen molar-refractivity contribution < 1.29 is 0 Å². The molecule has 1 aromatic rings. The maximum absolute atomic E-state index is 6.13. The van der Waals surface area contributed by atoms with E-state index in [1.165, 1.54) is 19.3 Å². The van der Waals surface area contributed by atoms with Crippen LogP contribution in [0.15, 0.2) is 0 Å². The van der Waals surface area contributed by atoms with Crippen LogP contribution < -0.4 is 5.73 Å². The zero-order chi connectivity index (χ0) is 10.8. The highest BCUT2D eigenvalue weighted by atomic mass is 15.3. The molecule has 2 heterocycles. The van der Waals surface area contributed by atoms with Crippen LogP contribution in [0, 0.1) is 5.92 Å². The first-order valence-corrected chi connectivity index (χ1v) is 5.87. The average Bonchev–Trinajstić information content (AvgIpc) is 2.46. The van der Waals surface area contributed by atoms with Gasteiger partial charge in [-0.25, -0.2) is 0 Å². The van der Waals surface area contributed by atoms with Crippen LogP contribution in [0.3, 0.4) is 0 Å². The van der Waals surface area contributed by atoms with E-state index < -0.39 is 0 Å². The summed E-state index contributed by atoms with van der Waals surface area (Å²) >= 11 is 0. The van der Waals surface area contributed by atoms with Crippen LogP contribution in [-0.4, -0.2) is 14.8 Å². The lowest BCUT2D eigenvalue weighted by Crippen LogP contribution is -2.22. The molecule has 4 nitrogen and oxygen atoms in total. The van der Waals surface area contributed by atoms with E-state index in [2.05, 4.69) is 28.6 Å². The van der Waals surface area contributed by atoms with E-state index >= 15 is 0 Å². The first-order valence-electron chi connectivity index (χ1n) is 5.87. The summed E-state index contributed by atoms with van der Waals surface area (Å²) in [5.41, 5.74) is 6.13. The largest absolute Gasteiger partial charge is 0.321 e. The molecule has 1 atom stereocenters. The summed E-state index contributed by atoms with van der Waals surface area (Å²) in [6.45, 7) is 5.30. The first-order chi connectivity index (χ1) is 7.20. The molecule has 1 aliphatic heterocycles. The van der Waals surface area contributed by atoms with E-state index in [1.807, 2.05) is 0 Å². The van der Waals surface area contributed by atoms with Gasteiger partial charge in [0.25, 0.3) is 0 Å². The Morgan fingerprint density at radius 3 is 2.73 bits per heavy atom. The lowest BCUT2D eigenvalue weighted by atomic mass is 10.1. The number of rotatable bonds is 2. The summed E-state index contributed by atoms with van der Waals surface area (Å²) in [7, 11) is 0. The van der Waals surface area contributed by atoms with Crippen LogP contribution >= 0.6 is 0 Å². The van der Waals surface area contributed by atoms with Crippen molar-refractivity contribution in [2.45, 2.75) is 52.1 Å². The number of nitrogens with zero attached hydrogens (tertiary/aromatic N) is 3. The van der Waals surface area contributed by atoms with E-state index in [4.69, 9.17) is 5.73 Å². The van der Waals surface area contributed by atoms with Gasteiger partial charge in [-0.3, -0.25) is 0 Å². The van der Waals surface area contributed by atoms with Gasteiger partial charge in [0.2, 0.25) is 0 Å². The van der Waals surface area contributed by atoms with Crippen LogP contribution in [0.25, 0.3) is 0 Å². The summed E-state index contributed by atoms with van der Waals surface area (Å²) in [5.74, 6) is 2.52. The highest BCUT2D eigenvalue weighted by Gasteiger charge is 2.21. The van der Waals surface area contributed by atoms with Crippen molar-refractivity contribution in [3.8, 4) is 0 Å².